The van der Waals surface area contributed by atoms with Crippen LogP contribution in [0.25, 0.3) is 11.0 Å². The van der Waals surface area contributed by atoms with E-state index in [4.69, 9.17) is 9.26 Å². The Hall–Kier alpha value is -3.59. The number of nitrogens with zero attached hydrogens (tertiary/aromatic N) is 4. The number of benzene rings is 2. The number of esters is 1. The van der Waals surface area contributed by atoms with Crippen LogP contribution in [-0.2, 0) is 16.1 Å². The molecule has 2 heterocycles. The van der Waals surface area contributed by atoms with Crippen LogP contribution in [-0.4, -0.2) is 46.0 Å². The van der Waals surface area contributed by atoms with Gasteiger partial charge in [-0.15, -0.1) is 0 Å². The molecule has 164 valence electrons. The first-order chi connectivity index (χ1) is 15.6. The Morgan fingerprint density at radius 2 is 1.88 bits per heavy atom. The Labute approximate surface area is 189 Å². The van der Waals surface area contributed by atoms with Crippen molar-refractivity contribution >= 4 is 40.4 Å². The van der Waals surface area contributed by atoms with Gasteiger partial charge in [0.1, 0.15) is 0 Å². The van der Waals surface area contributed by atoms with Crippen LogP contribution in [0, 0.1) is 0 Å². The van der Waals surface area contributed by atoms with Crippen LogP contribution in [0.4, 0.5) is 5.69 Å². The Morgan fingerprint density at radius 3 is 2.66 bits per heavy atom. The first-order valence-electron chi connectivity index (χ1n) is 10.1. The summed E-state index contributed by atoms with van der Waals surface area (Å²) in [5, 5.41) is 4.48. The van der Waals surface area contributed by atoms with Gasteiger partial charge in [-0.2, -0.15) is 0 Å². The van der Waals surface area contributed by atoms with E-state index in [9.17, 15) is 9.59 Å². The molecule has 0 fully saturated rings. The number of anilines is 1. The zero-order valence-electron chi connectivity index (χ0n) is 17.7. The molecule has 0 radical (unpaired) electrons. The van der Waals surface area contributed by atoms with Crippen molar-refractivity contribution in [1.29, 1.82) is 0 Å². The number of rotatable bonds is 8. The van der Waals surface area contributed by atoms with Gasteiger partial charge in [0, 0.05) is 18.8 Å². The molecule has 0 bridgehead atoms. The van der Waals surface area contributed by atoms with Gasteiger partial charge in [0.25, 0.3) is 0 Å². The molecule has 0 unspecified atom stereocenters. The van der Waals surface area contributed by atoms with E-state index >= 15 is 0 Å². The van der Waals surface area contributed by atoms with Crippen molar-refractivity contribution < 1.29 is 18.8 Å². The monoisotopic (exact) mass is 450 g/mol. The lowest BCUT2D eigenvalue weighted by atomic mass is 10.3. The molecule has 8 nitrogen and oxygen atoms in total. The zero-order valence-corrected chi connectivity index (χ0v) is 18.5. The van der Waals surface area contributed by atoms with Crippen molar-refractivity contribution in [1.82, 2.24) is 14.7 Å². The summed E-state index contributed by atoms with van der Waals surface area (Å²) in [4.78, 5) is 30.9. The van der Waals surface area contributed by atoms with Gasteiger partial charge in [-0.25, -0.2) is 9.78 Å². The molecule has 2 aromatic carbocycles. The highest BCUT2D eigenvalue weighted by Crippen LogP contribution is 2.26. The number of fused-ring (bicyclic) bond motifs is 1. The lowest BCUT2D eigenvalue weighted by Gasteiger charge is -2.17. The number of aromatic nitrogens is 3. The molecule has 32 heavy (non-hydrogen) atoms. The molecule has 9 heteroatoms. The number of ether oxygens (including phenoxy) is 1. The largest absolute Gasteiger partial charge is 0.461 e. The minimum absolute atomic E-state index is 0.0379. The molecular weight excluding hydrogens is 428 g/mol. The molecule has 0 N–H and O–H groups in total. The summed E-state index contributed by atoms with van der Waals surface area (Å²) in [5.41, 5.74) is 2.66. The predicted octanol–water partition coefficient (Wildman–Crippen LogP) is 4.00. The van der Waals surface area contributed by atoms with Crippen molar-refractivity contribution in [3.05, 3.63) is 72.1 Å². The Kier molecular flexibility index (Phi) is 6.55. The van der Waals surface area contributed by atoms with Crippen LogP contribution in [0.5, 0.6) is 0 Å². The first-order valence-corrected chi connectivity index (χ1v) is 11.1. The summed E-state index contributed by atoms with van der Waals surface area (Å²) in [7, 11) is 1.76. The molecule has 0 aliphatic rings. The third-order valence-electron chi connectivity index (χ3n) is 4.82. The topological polar surface area (TPSA) is 90.5 Å². The van der Waals surface area contributed by atoms with Crippen molar-refractivity contribution in [2.24, 2.45) is 0 Å². The van der Waals surface area contributed by atoms with Gasteiger partial charge in [0.05, 0.1) is 29.9 Å². The average molecular weight is 451 g/mol. The Bertz CT molecular complexity index is 1240. The SMILES string of the molecule is CCOC(=O)c1cc(Cn2c(SCC(=O)N(C)c3ccccc3)nc3ccccc32)on1. The van der Waals surface area contributed by atoms with E-state index < -0.39 is 5.97 Å². The summed E-state index contributed by atoms with van der Waals surface area (Å²) in [6.07, 6.45) is 0. The highest BCUT2D eigenvalue weighted by Gasteiger charge is 2.19. The lowest BCUT2D eigenvalue weighted by molar-refractivity contribution is -0.115. The third-order valence-corrected chi connectivity index (χ3v) is 5.78. The van der Waals surface area contributed by atoms with E-state index in [2.05, 4.69) is 10.1 Å². The van der Waals surface area contributed by atoms with Crippen molar-refractivity contribution in [2.45, 2.75) is 18.6 Å². The van der Waals surface area contributed by atoms with Crippen molar-refractivity contribution in [3.8, 4) is 0 Å². The number of thioether (sulfide) groups is 1. The van der Waals surface area contributed by atoms with Crippen LogP contribution in [0.15, 0.2) is 70.3 Å². The second kappa shape index (κ2) is 9.69. The number of para-hydroxylation sites is 3. The van der Waals surface area contributed by atoms with E-state index in [1.807, 2.05) is 59.2 Å². The maximum atomic E-state index is 12.7. The lowest BCUT2D eigenvalue weighted by Crippen LogP contribution is -2.27. The van der Waals surface area contributed by atoms with Gasteiger partial charge in [-0.05, 0) is 31.2 Å². The molecule has 0 saturated heterocycles. The summed E-state index contributed by atoms with van der Waals surface area (Å²) < 4.78 is 12.3. The fourth-order valence-electron chi connectivity index (χ4n) is 3.18. The van der Waals surface area contributed by atoms with E-state index in [-0.39, 0.29) is 24.0 Å². The van der Waals surface area contributed by atoms with Crippen LogP contribution in [0.2, 0.25) is 0 Å². The highest BCUT2D eigenvalue weighted by atomic mass is 32.2. The predicted molar refractivity (Wildman–Crippen MR) is 122 cm³/mol. The van der Waals surface area contributed by atoms with Gasteiger partial charge in [0.2, 0.25) is 5.91 Å². The molecule has 4 rings (SSSR count). The van der Waals surface area contributed by atoms with Gasteiger partial charge in [-0.3, -0.25) is 4.79 Å². The first kappa shape index (κ1) is 21.6. The Balaban J connectivity index is 1.54. The minimum Gasteiger partial charge on any atom is -0.461 e. The van der Waals surface area contributed by atoms with E-state index in [1.165, 1.54) is 11.8 Å². The molecule has 2 aromatic heterocycles. The average Bonchev–Trinajstić information content (AvgIpc) is 3.43. The second-order valence-corrected chi connectivity index (χ2v) is 7.89. The number of amides is 1. The minimum atomic E-state index is -0.526. The molecule has 1 amide bonds. The second-order valence-electron chi connectivity index (χ2n) is 6.95. The van der Waals surface area contributed by atoms with Crippen molar-refractivity contribution in [2.75, 3.05) is 24.3 Å². The van der Waals surface area contributed by atoms with Crippen LogP contribution in [0.1, 0.15) is 23.2 Å². The van der Waals surface area contributed by atoms with E-state index in [0.717, 1.165) is 16.7 Å². The summed E-state index contributed by atoms with van der Waals surface area (Å²) >= 11 is 1.35. The maximum absolute atomic E-state index is 12.7. The highest BCUT2D eigenvalue weighted by molar-refractivity contribution is 7.99. The summed E-state index contributed by atoms with van der Waals surface area (Å²) in [5.74, 6) is 0.149. The molecule has 0 spiro atoms. The number of carbonyl (C=O) groups is 2. The van der Waals surface area contributed by atoms with Crippen LogP contribution >= 0.6 is 11.8 Å². The number of carbonyl (C=O) groups excluding carboxylic acids is 2. The van der Waals surface area contributed by atoms with Crippen LogP contribution in [0.3, 0.4) is 0 Å². The van der Waals surface area contributed by atoms with Gasteiger partial charge in [0.15, 0.2) is 16.6 Å². The molecule has 0 saturated carbocycles. The zero-order chi connectivity index (χ0) is 22.5. The van der Waals surface area contributed by atoms with Crippen LogP contribution < -0.4 is 4.90 Å². The normalized spacial score (nSPS) is 10.9. The quantitative estimate of drug-likeness (QED) is 0.296. The summed E-state index contributed by atoms with van der Waals surface area (Å²) in [6, 6.07) is 18.8. The van der Waals surface area contributed by atoms with Gasteiger partial charge < -0.3 is 18.7 Å². The smallest absolute Gasteiger partial charge is 0.360 e. The van der Waals surface area contributed by atoms with E-state index in [0.29, 0.717) is 17.5 Å². The molecule has 4 aromatic rings. The van der Waals surface area contributed by atoms with Gasteiger partial charge in [-0.1, -0.05) is 47.3 Å². The fraction of sp³-hybridized carbons (Fsp3) is 0.217. The molecule has 0 aliphatic heterocycles. The number of hydrogen-bond donors (Lipinski definition) is 0. The molecular formula is C23H22N4O4S. The maximum Gasteiger partial charge on any atom is 0.360 e. The van der Waals surface area contributed by atoms with Crippen molar-refractivity contribution in [3.63, 3.8) is 0 Å². The molecule has 0 atom stereocenters. The number of imidazole rings is 1. The standard InChI is InChI=1S/C23H22N4O4S/c1-3-30-22(29)19-13-17(31-25-19)14-27-20-12-8-7-11-18(20)24-23(27)32-15-21(28)26(2)16-9-5-4-6-10-16/h4-13H,3,14-15H2,1-2H3. The fourth-order valence-corrected chi connectivity index (χ4v) is 4.11. The van der Waals surface area contributed by atoms with E-state index in [1.54, 1.807) is 24.9 Å². The Morgan fingerprint density at radius 1 is 1.12 bits per heavy atom. The molecule has 0 aliphatic carbocycles. The summed E-state index contributed by atoms with van der Waals surface area (Å²) in [6.45, 7) is 2.31. The van der Waals surface area contributed by atoms with Gasteiger partial charge >= 0.3 is 5.97 Å². The number of hydrogen-bond acceptors (Lipinski definition) is 7. The third kappa shape index (κ3) is 4.67.